The summed E-state index contributed by atoms with van der Waals surface area (Å²) in [4.78, 5) is 2.43. The molecule has 0 spiro atoms. The molecule has 3 heteroatoms. The Bertz CT molecular complexity index is 895. The van der Waals surface area contributed by atoms with Crippen LogP contribution in [0.4, 0.5) is 0 Å². The third-order valence-electron chi connectivity index (χ3n) is 5.39. The molecular weight excluding hydrogens is 396 g/mol. The molecule has 2 nitrogen and oxygen atoms in total. The van der Waals surface area contributed by atoms with E-state index < -0.39 is 0 Å². The van der Waals surface area contributed by atoms with E-state index in [1.165, 1.54) is 53.4 Å². The van der Waals surface area contributed by atoms with E-state index in [0.717, 1.165) is 19.6 Å². The Morgan fingerprint density at radius 2 is 1.67 bits per heavy atom. The molecule has 0 amide bonds. The molecule has 0 fully saturated rings. The Morgan fingerprint density at radius 3 is 2.48 bits per heavy atom. The standard InChI is InChI=1S/C24H28N2.BrH/c1-2-3-4-10-16-26-23-14-9-8-13-21(23)22-15-17-25(19-24(22)26)18-20-11-6-5-7-12-20;/h5-9,11-15,17H,2-4,10,16,18-19H2,1H3;1H. The minimum Gasteiger partial charge on any atom is -0.367 e. The van der Waals surface area contributed by atoms with Crippen molar-refractivity contribution in [3.8, 4) is 0 Å². The van der Waals surface area contributed by atoms with Gasteiger partial charge in [0.25, 0.3) is 0 Å². The van der Waals surface area contributed by atoms with Crippen LogP contribution in [-0.2, 0) is 19.6 Å². The fourth-order valence-electron chi connectivity index (χ4n) is 4.04. The number of fused-ring (bicyclic) bond motifs is 3. The summed E-state index contributed by atoms with van der Waals surface area (Å²) in [7, 11) is 0. The van der Waals surface area contributed by atoms with Crippen LogP contribution in [0.25, 0.3) is 17.0 Å². The molecular formula is C24H29BrN2. The van der Waals surface area contributed by atoms with Gasteiger partial charge in [-0.15, -0.1) is 17.0 Å². The van der Waals surface area contributed by atoms with E-state index in [4.69, 9.17) is 0 Å². The number of rotatable bonds is 7. The molecule has 1 aromatic heterocycles. The number of aromatic nitrogens is 1. The number of benzene rings is 2. The number of aryl methyl sites for hydroxylation is 1. The molecule has 4 rings (SSSR count). The predicted molar refractivity (Wildman–Crippen MR) is 121 cm³/mol. The summed E-state index contributed by atoms with van der Waals surface area (Å²) in [6.45, 7) is 5.36. The molecule has 2 heterocycles. The van der Waals surface area contributed by atoms with Gasteiger partial charge in [0.05, 0.1) is 6.54 Å². The molecule has 0 unspecified atom stereocenters. The van der Waals surface area contributed by atoms with Crippen LogP contribution in [0.1, 0.15) is 49.4 Å². The van der Waals surface area contributed by atoms with Gasteiger partial charge in [-0.3, -0.25) is 0 Å². The second kappa shape index (κ2) is 9.27. The first kappa shape index (κ1) is 19.8. The van der Waals surface area contributed by atoms with E-state index in [-0.39, 0.29) is 17.0 Å². The zero-order valence-electron chi connectivity index (χ0n) is 16.1. The highest BCUT2D eigenvalue weighted by Crippen LogP contribution is 2.32. The Labute approximate surface area is 173 Å². The van der Waals surface area contributed by atoms with Crippen LogP contribution in [0.15, 0.2) is 60.8 Å². The molecule has 1 aliphatic heterocycles. The Morgan fingerprint density at radius 1 is 0.889 bits per heavy atom. The van der Waals surface area contributed by atoms with Crippen molar-refractivity contribution in [2.45, 2.75) is 52.2 Å². The maximum Gasteiger partial charge on any atom is 0.0586 e. The average Bonchev–Trinajstić information content (AvgIpc) is 2.99. The SMILES string of the molecule is Br.CCCCCCn1c2c(c3ccccc31)C=CN(Cc1ccccc1)C2. The van der Waals surface area contributed by atoms with Crippen LogP contribution in [0, 0.1) is 0 Å². The van der Waals surface area contributed by atoms with Gasteiger partial charge in [-0.05, 0) is 24.1 Å². The fraction of sp³-hybridized carbons (Fsp3) is 0.333. The lowest BCUT2D eigenvalue weighted by atomic mass is 10.1. The van der Waals surface area contributed by atoms with Crippen LogP contribution >= 0.6 is 17.0 Å². The van der Waals surface area contributed by atoms with Crippen molar-refractivity contribution in [1.82, 2.24) is 9.47 Å². The second-order valence-electron chi connectivity index (χ2n) is 7.30. The van der Waals surface area contributed by atoms with Crippen molar-refractivity contribution in [2.24, 2.45) is 0 Å². The zero-order chi connectivity index (χ0) is 17.8. The molecule has 0 atom stereocenters. The van der Waals surface area contributed by atoms with Crippen LogP contribution in [0.3, 0.4) is 0 Å². The van der Waals surface area contributed by atoms with Crippen molar-refractivity contribution in [1.29, 1.82) is 0 Å². The number of halogens is 1. The minimum absolute atomic E-state index is 0. The van der Waals surface area contributed by atoms with Crippen molar-refractivity contribution >= 4 is 34.0 Å². The molecule has 0 N–H and O–H groups in total. The summed E-state index contributed by atoms with van der Waals surface area (Å²) in [6, 6.07) is 19.6. The van der Waals surface area contributed by atoms with Gasteiger partial charge in [0, 0.05) is 41.4 Å². The van der Waals surface area contributed by atoms with E-state index in [9.17, 15) is 0 Å². The summed E-state index contributed by atoms with van der Waals surface area (Å²) in [6.07, 6.45) is 9.79. The number of nitrogens with zero attached hydrogens (tertiary/aromatic N) is 2. The highest BCUT2D eigenvalue weighted by Gasteiger charge is 2.20. The van der Waals surface area contributed by atoms with Gasteiger partial charge in [-0.25, -0.2) is 0 Å². The topological polar surface area (TPSA) is 8.17 Å². The van der Waals surface area contributed by atoms with Gasteiger partial charge in [0.2, 0.25) is 0 Å². The maximum atomic E-state index is 2.57. The molecule has 0 saturated carbocycles. The molecule has 0 radical (unpaired) electrons. The number of hydrogen-bond donors (Lipinski definition) is 0. The van der Waals surface area contributed by atoms with E-state index in [0.29, 0.717) is 0 Å². The number of unbranched alkanes of at least 4 members (excludes halogenated alkanes) is 3. The molecule has 0 saturated heterocycles. The number of hydrogen-bond acceptors (Lipinski definition) is 1. The zero-order valence-corrected chi connectivity index (χ0v) is 17.8. The lowest BCUT2D eigenvalue weighted by molar-refractivity contribution is 0.347. The largest absolute Gasteiger partial charge is 0.367 e. The van der Waals surface area contributed by atoms with Gasteiger partial charge >= 0.3 is 0 Å². The van der Waals surface area contributed by atoms with Crippen LogP contribution in [-0.4, -0.2) is 9.47 Å². The average molecular weight is 425 g/mol. The van der Waals surface area contributed by atoms with Gasteiger partial charge in [0.1, 0.15) is 0 Å². The smallest absolute Gasteiger partial charge is 0.0586 e. The molecule has 3 aromatic rings. The molecule has 2 aromatic carbocycles. The summed E-state index contributed by atoms with van der Waals surface area (Å²) >= 11 is 0. The normalized spacial score (nSPS) is 12.9. The first-order valence-electron chi connectivity index (χ1n) is 9.93. The van der Waals surface area contributed by atoms with E-state index >= 15 is 0 Å². The number of para-hydroxylation sites is 1. The minimum atomic E-state index is 0. The van der Waals surface area contributed by atoms with Gasteiger partial charge < -0.3 is 9.47 Å². The molecule has 0 bridgehead atoms. The third-order valence-corrected chi connectivity index (χ3v) is 5.39. The predicted octanol–water partition coefficient (Wildman–Crippen LogP) is 6.79. The summed E-state index contributed by atoms with van der Waals surface area (Å²) in [5.74, 6) is 0. The van der Waals surface area contributed by atoms with E-state index in [2.05, 4.69) is 83.3 Å². The third kappa shape index (κ3) is 4.30. The summed E-state index contributed by atoms with van der Waals surface area (Å²) < 4.78 is 2.57. The molecule has 27 heavy (non-hydrogen) atoms. The van der Waals surface area contributed by atoms with Crippen molar-refractivity contribution in [2.75, 3.05) is 0 Å². The second-order valence-corrected chi connectivity index (χ2v) is 7.30. The van der Waals surface area contributed by atoms with Gasteiger partial charge in [-0.2, -0.15) is 0 Å². The highest BCUT2D eigenvalue weighted by molar-refractivity contribution is 8.93. The highest BCUT2D eigenvalue weighted by atomic mass is 79.9. The Balaban J connectivity index is 0.00000210. The molecule has 0 aliphatic carbocycles. The summed E-state index contributed by atoms with van der Waals surface area (Å²) in [5, 5.41) is 1.40. The first-order chi connectivity index (χ1) is 12.9. The van der Waals surface area contributed by atoms with Crippen LogP contribution in [0.5, 0.6) is 0 Å². The maximum absolute atomic E-state index is 2.57. The summed E-state index contributed by atoms with van der Waals surface area (Å²) in [5.41, 5.74) is 5.65. The lowest BCUT2D eigenvalue weighted by Gasteiger charge is -2.25. The first-order valence-corrected chi connectivity index (χ1v) is 9.93. The quantitative estimate of drug-likeness (QED) is 0.379. The molecule has 1 aliphatic rings. The van der Waals surface area contributed by atoms with E-state index in [1.54, 1.807) is 0 Å². The lowest BCUT2D eigenvalue weighted by Crippen LogP contribution is -2.21. The Kier molecular flexibility index (Phi) is 6.78. The van der Waals surface area contributed by atoms with Crippen molar-refractivity contribution in [3.63, 3.8) is 0 Å². The molecule has 142 valence electrons. The van der Waals surface area contributed by atoms with Crippen molar-refractivity contribution < 1.29 is 0 Å². The monoisotopic (exact) mass is 424 g/mol. The van der Waals surface area contributed by atoms with Crippen LogP contribution < -0.4 is 0 Å². The fourth-order valence-corrected chi connectivity index (χ4v) is 4.04. The van der Waals surface area contributed by atoms with Crippen molar-refractivity contribution in [3.05, 3.63) is 77.6 Å². The van der Waals surface area contributed by atoms with Gasteiger partial charge in [-0.1, -0.05) is 74.7 Å². The van der Waals surface area contributed by atoms with Crippen LogP contribution in [0.2, 0.25) is 0 Å². The van der Waals surface area contributed by atoms with Gasteiger partial charge in [0.15, 0.2) is 0 Å². The van der Waals surface area contributed by atoms with E-state index in [1.807, 2.05) is 0 Å². The Hall–Kier alpha value is -2.00.